The quantitative estimate of drug-likeness (QED) is 0.229. The van der Waals surface area contributed by atoms with Crippen molar-refractivity contribution in [1.82, 2.24) is 0 Å². The van der Waals surface area contributed by atoms with Crippen molar-refractivity contribution >= 4 is 41.8 Å². The molecule has 0 radical (unpaired) electrons. The Kier molecular flexibility index (Phi) is 9.44. The first-order chi connectivity index (χ1) is 16.5. The summed E-state index contributed by atoms with van der Waals surface area (Å²) in [7, 11) is 5.85. The van der Waals surface area contributed by atoms with Gasteiger partial charge in [-0.3, -0.25) is 9.59 Å². The van der Waals surface area contributed by atoms with E-state index < -0.39 is 75.1 Å². The van der Waals surface area contributed by atoms with E-state index >= 15 is 0 Å². The van der Waals surface area contributed by atoms with Gasteiger partial charge in [-0.15, -0.1) is 0 Å². The van der Waals surface area contributed by atoms with Gasteiger partial charge in [-0.25, -0.2) is 24.0 Å². The van der Waals surface area contributed by atoms with E-state index in [4.69, 9.17) is 0 Å². The molecule has 0 aromatic heterocycles. The van der Waals surface area contributed by atoms with E-state index in [1.165, 1.54) is 0 Å². The van der Waals surface area contributed by atoms with E-state index in [2.05, 4.69) is 33.2 Å². The molecule has 0 heterocycles. The molecule has 0 saturated heterocycles. The molecule has 0 unspecified atom stereocenters. The van der Waals surface area contributed by atoms with Crippen molar-refractivity contribution < 1.29 is 66.7 Å². The third-order valence-corrected chi connectivity index (χ3v) is 4.75. The predicted molar refractivity (Wildman–Crippen MR) is 109 cm³/mol. The predicted octanol–water partition coefficient (Wildman–Crippen LogP) is -1.28. The number of esters is 7. The molecule has 0 saturated carbocycles. The van der Waals surface area contributed by atoms with Crippen LogP contribution in [-0.4, -0.2) is 91.6 Å². The number of rotatable bonds is 7. The van der Waals surface area contributed by atoms with E-state index in [1.54, 1.807) is 0 Å². The summed E-state index contributed by atoms with van der Waals surface area (Å²) in [5, 5.41) is 0. The highest BCUT2D eigenvalue weighted by Crippen LogP contribution is 2.44. The van der Waals surface area contributed by atoms with Crippen molar-refractivity contribution in [3.05, 3.63) is 33.9 Å². The molecule has 14 heteroatoms. The molecule has 0 bridgehead atoms. The lowest BCUT2D eigenvalue weighted by Crippen LogP contribution is -2.45. The second-order valence-electron chi connectivity index (χ2n) is 6.31. The zero-order valence-corrected chi connectivity index (χ0v) is 19.8. The monoisotopic (exact) mass is 498 g/mol. The zero-order chi connectivity index (χ0) is 27.1. The van der Waals surface area contributed by atoms with E-state index in [0.717, 1.165) is 49.8 Å². The first kappa shape index (κ1) is 28.5. The van der Waals surface area contributed by atoms with Gasteiger partial charge in [0.1, 0.15) is 0 Å². The maximum absolute atomic E-state index is 13.1. The number of carbonyl (C=O) groups is 7. The van der Waals surface area contributed by atoms with Crippen LogP contribution >= 0.6 is 0 Å². The summed E-state index contributed by atoms with van der Waals surface area (Å²) < 4.78 is 32.6. The maximum Gasteiger partial charge on any atom is 0.339 e. The van der Waals surface area contributed by atoms with Gasteiger partial charge >= 0.3 is 41.8 Å². The van der Waals surface area contributed by atoms with E-state index in [-0.39, 0.29) is 0 Å². The smallest absolute Gasteiger partial charge is 0.339 e. The molecular formula is C21H22O14. The minimum atomic E-state index is -3.08. The van der Waals surface area contributed by atoms with Crippen molar-refractivity contribution in [3.8, 4) is 0 Å². The number of hydrogen-bond acceptors (Lipinski definition) is 14. The summed E-state index contributed by atoms with van der Waals surface area (Å²) in [6.07, 6.45) is 0.466. The Balaban J connectivity index is 4.82. The Morgan fingerprint density at radius 2 is 0.857 bits per heavy atom. The fourth-order valence-electron chi connectivity index (χ4n) is 3.23. The summed E-state index contributed by atoms with van der Waals surface area (Å²) >= 11 is 0. The molecule has 0 aromatic carbocycles. The topological polar surface area (TPSA) is 184 Å². The molecule has 190 valence electrons. The largest absolute Gasteiger partial charge is 0.468 e. The number of ether oxygens (including phenoxy) is 7. The van der Waals surface area contributed by atoms with Gasteiger partial charge in [-0.2, -0.15) is 0 Å². The van der Waals surface area contributed by atoms with Gasteiger partial charge in [-0.05, 0) is 6.08 Å². The molecule has 0 N–H and O–H groups in total. The van der Waals surface area contributed by atoms with Gasteiger partial charge in [0.2, 0.25) is 5.41 Å². The zero-order valence-electron chi connectivity index (χ0n) is 19.8. The van der Waals surface area contributed by atoms with Gasteiger partial charge in [0, 0.05) is 0 Å². The van der Waals surface area contributed by atoms with Crippen LogP contribution in [0.5, 0.6) is 0 Å². The van der Waals surface area contributed by atoms with Gasteiger partial charge < -0.3 is 33.2 Å². The van der Waals surface area contributed by atoms with Crippen LogP contribution in [0.25, 0.3) is 0 Å². The third kappa shape index (κ3) is 4.76. The number of hydrogen-bond donors (Lipinski definition) is 0. The Bertz CT molecular complexity index is 1060. The number of methoxy groups -OCH3 is 7. The molecule has 0 amide bonds. The lowest BCUT2D eigenvalue weighted by Gasteiger charge is -2.27. The summed E-state index contributed by atoms with van der Waals surface area (Å²) in [4.78, 5) is 90.7. The van der Waals surface area contributed by atoms with E-state index in [0.29, 0.717) is 6.08 Å². The molecule has 1 aliphatic rings. The van der Waals surface area contributed by atoms with Crippen LogP contribution in [0, 0.1) is 5.41 Å². The Morgan fingerprint density at radius 3 is 1.23 bits per heavy atom. The van der Waals surface area contributed by atoms with Crippen LogP contribution in [0.4, 0.5) is 0 Å². The number of carbonyl (C=O) groups excluding carboxylic acids is 7. The summed E-state index contributed by atoms with van der Waals surface area (Å²) in [6, 6.07) is 0. The molecule has 0 spiro atoms. The fraction of sp³-hybridized carbons (Fsp3) is 0.381. The summed E-state index contributed by atoms with van der Waals surface area (Å²) in [5.41, 5.74) is -8.42. The standard InChI is InChI=1S/C21H22O14/c1-29-14(22)9-8-21(19(27)34-6,20(28)35-7)13(18(26)33-5)12(17(25)32-4)11(16(24)31-3)10(9)15(23)30-2/h8H,1-7H3. The first-order valence-electron chi connectivity index (χ1n) is 9.29. The Hall–Kier alpha value is -4.49. The normalized spacial score (nSPS) is 14.5. The highest BCUT2D eigenvalue weighted by molar-refractivity contribution is 6.25. The lowest BCUT2D eigenvalue weighted by molar-refractivity contribution is -0.165. The van der Waals surface area contributed by atoms with Crippen LogP contribution in [0.15, 0.2) is 33.9 Å². The van der Waals surface area contributed by atoms with Crippen LogP contribution in [0.2, 0.25) is 0 Å². The SMILES string of the molecule is COC(=O)C1=CC(C(=O)OC)(C(=O)OC)C(C(=O)OC)=C(C(=O)OC)C(C(=O)OC)=C1C(=O)OC. The molecule has 0 aromatic rings. The van der Waals surface area contributed by atoms with Crippen molar-refractivity contribution in [2.45, 2.75) is 0 Å². The van der Waals surface area contributed by atoms with Crippen molar-refractivity contribution in [2.75, 3.05) is 49.8 Å². The van der Waals surface area contributed by atoms with E-state index in [9.17, 15) is 33.6 Å². The van der Waals surface area contributed by atoms with Crippen LogP contribution in [0.3, 0.4) is 0 Å². The minimum absolute atomic E-state index is 0.466. The maximum atomic E-state index is 13.1. The molecular weight excluding hydrogens is 476 g/mol. The molecule has 0 atom stereocenters. The average Bonchev–Trinajstić information content (AvgIpc) is 3.03. The minimum Gasteiger partial charge on any atom is -0.468 e. The van der Waals surface area contributed by atoms with Crippen molar-refractivity contribution in [2.24, 2.45) is 5.41 Å². The highest BCUT2D eigenvalue weighted by Gasteiger charge is 2.59. The second kappa shape index (κ2) is 11.6. The van der Waals surface area contributed by atoms with Crippen molar-refractivity contribution in [1.29, 1.82) is 0 Å². The van der Waals surface area contributed by atoms with Gasteiger partial charge in [0.15, 0.2) is 0 Å². The second-order valence-corrected chi connectivity index (χ2v) is 6.31. The van der Waals surface area contributed by atoms with Crippen LogP contribution in [-0.2, 0) is 66.7 Å². The molecule has 0 aliphatic heterocycles. The van der Waals surface area contributed by atoms with Crippen LogP contribution < -0.4 is 0 Å². The molecule has 14 nitrogen and oxygen atoms in total. The molecule has 0 fully saturated rings. The highest BCUT2D eigenvalue weighted by atomic mass is 16.6. The first-order valence-corrected chi connectivity index (χ1v) is 9.29. The van der Waals surface area contributed by atoms with Crippen molar-refractivity contribution in [3.63, 3.8) is 0 Å². The molecule has 1 aliphatic carbocycles. The average molecular weight is 498 g/mol. The third-order valence-electron chi connectivity index (χ3n) is 4.75. The van der Waals surface area contributed by atoms with E-state index in [1.807, 2.05) is 0 Å². The van der Waals surface area contributed by atoms with Gasteiger partial charge in [0.25, 0.3) is 0 Å². The summed E-state index contributed by atoms with van der Waals surface area (Å²) in [6.45, 7) is 0. The molecule has 35 heavy (non-hydrogen) atoms. The fourth-order valence-corrected chi connectivity index (χ4v) is 3.23. The summed E-state index contributed by atoms with van der Waals surface area (Å²) in [5.74, 6) is -10.5. The van der Waals surface area contributed by atoms with Crippen LogP contribution in [0.1, 0.15) is 0 Å². The Labute approximate surface area is 198 Å². The van der Waals surface area contributed by atoms with Gasteiger partial charge in [-0.1, -0.05) is 0 Å². The Morgan fingerprint density at radius 1 is 0.486 bits per heavy atom. The molecule has 1 rings (SSSR count). The van der Waals surface area contributed by atoms with Gasteiger partial charge in [0.05, 0.1) is 77.6 Å². The lowest BCUT2D eigenvalue weighted by atomic mass is 9.76.